The summed E-state index contributed by atoms with van der Waals surface area (Å²) in [7, 11) is 1.57. The van der Waals surface area contributed by atoms with Crippen molar-refractivity contribution in [2.24, 2.45) is 10.7 Å². The lowest BCUT2D eigenvalue weighted by Gasteiger charge is -2.29. The fraction of sp³-hybridized carbons (Fsp3) is 0.333. The second kappa shape index (κ2) is 7.58. The van der Waals surface area contributed by atoms with Crippen LogP contribution in [0.25, 0.3) is 0 Å². The lowest BCUT2D eigenvalue weighted by atomic mass is 9.77. The zero-order chi connectivity index (χ0) is 20.5. The normalized spacial score (nSPS) is 20.4. The number of ether oxygens (including phenoxy) is 1. The summed E-state index contributed by atoms with van der Waals surface area (Å²) in [6, 6.07) is 13.6. The van der Waals surface area contributed by atoms with E-state index < -0.39 is 12.2 Å². The molecule has 1 aliphatic rings. The van der Waals surface area contributed by atoms with Gasteiger partial charge in [-0.3, -0.25) is 9.69 Å². The van der Waals surface area contributed by atoms with Crippen LogP contribution in [0.4, 0.5) is 8.78 Å². The highest BCUT2D eigenvalue weighted by Crippen LogP contribution is 2.43. The predicted molar refractivity (Wildman–Crippen MR) is 103 cm³/mol. The van der Waals surface area contributed by atoms with Gasteiger partial charge in [0.25, 0.3) is 5.91 Å². The fourth-order valence-electron chi connectivity index (χ4n) is 3.51. The Labute approximate surface area is 162 Å². The SMILES string of the molecule is CCC(C)c1ccccc1[C@]1(c2ccc(OC(F)F)cc2)N=C(N)N(C)C1=O. The minimum atomic E-state index is -2.92. The first kappa shape index (κ1) is 19.8. The van der Waals surface area contributed by atoms with Crippen LogP contribution in [0.15, 0.2) is 53.5 Å². The first-order valence-electron chi connectivity index (χ1n) is 9.09. The van der Waals surface area contributed by atoms with E-state index in [2.05, 4.69) is 23.6 Å². The van der Waals surface area contributed by atoms with Crippen LogP contribution in [0.5, 0.6) is 5.75 Å². The Balaban J connectivity index is 2.21. The number of halogens is 2. The smallest absolute Gasteiger partial charge is 0.387 e. The van der Waals surface area contributed by atoms with Gasteiger partial charge in [0.2, 0.25) is 0 Å². The molecule has 0 aromatic heterocycles. The highest BCUT2D eigenvalue weighted by molar-refractivity contribution is 6.09. The van der Waals surface area contributed by atoms with Crippen molar-refractivity contribution in [1.29, 1.82) is 0 Å². The van der Waals surface area contributed by atoms with Gasteiger partial charge in [-0.2, -0.15) is 8.78 Å². The van der Waals surface area contributed by atoms with Crippen molar-refractivity contribution < 1.29 is 18.3 Å². The second-order valence-corrected chi connectivity index (χ2v) is 6.84. The first-order valence-corrected chi connectivity index (χ1v) is 9.09. The van der Waals surface area contributed by atoms with Crippen molar-refractivity contribution in [2.45, 2.75) is 38.3 Å². The summed E-state index contributed by atoms with van der Waals surface area (Å²) in [6.07, 6.45) is 0.886. The number of guanidine groups is 1. The molecule has 0 saturated carbocycles. The fourth-order valence-corrected chi connectivity index (χ4v) is 3.51. The quantitative estimate of drug-likeness (QED) is 0.819. The first-order chi connectivity index (χ1) is 13.3. The van der Waals surface area contributed by atoms with Gasteiger partial charge in [0.05, 0.1) is 0 Å². The Morgan fingerprint density at radius 3 is 2.36 bits per heavy atom. The largest absolute Gasteiger partial charge is 0.435 e. The van der Waals surface area contributed by atoms with Gasteiger partial charge in [-0.1, -0.05) is 50.2 Å². The lowest BCUT2D eigenvalue weighted by molar-refractivity contribution is -0.129. The third kappa shape index (κ3) is 3.21. The Kier molecular flexibility index (Phi) is 5.36. The van der Waals surface area contributed by atoms with E-state index in [1.54, 1.807) is 19.2 Å². The maximum absolute atomic E-state index is 13.3. The molecule has 2 atom stereocenters. The van der Waals surface area contributed by atoms with E-state index in [1.807, 2.05) is 24.3 Å². The molecule has 2 N–H and O–H groups in total. The molecule has 3 rings (SSSR count). The number of carbonyl (C=O) groups is 1. The lowest BCUT2D eigenvalue weighted by Crippen LogP contribution is -2.41. The van der Waals surface area contributed by atoms with E-state index in [9.17, 15) is 13.6 Å². The molecule has 0 saturated heterocycles. The van der Waals surface area contributed by atoms with Gasteiger partial charge in [0.15, 0.2) is 11.5 Å². The summed E-state index contributed by atoms with van der Waals surface area (Å²) in [4.78, 5) is 19.2. The van der Waals surface area contributed by atoms with E-state index in [1.165, 1.54) is 17.0 Å². The van der Waals surface area contributed by atoms with Crippen molar-refractivity contribution in [2.75, 3.05) is 7.05 Å². The molecular formula is C21H23F2N3O2. The van der Waals surface area contributed by atoms with Gasteiger partial charge in [-0.15, -0.1) is 0 Å². The molecule has 2 aromatic carbocycles. The standard InChI is InChI=1S/C21H23F2N3O2/c1-4-13(2)16-7-5-6-8-17(16)21(18(27)26(3)20(24)25-21)14-9-11-15(12-10-14)28-19(22)23/h5-13,19H,4H2,1-3H3,(H2,24,25)/t13?,21-/m0/s1. The van der Waals surface area contributed by atoms with E-state index in [0.717, 1.165) is 17.5 Å². The molecule has 1 heterocycles. The number of carbonyl (C=O) groups excluding carboxylic acids is 1. The van der Waals surface area contributed by atoms with Crippen molar-refractivity contribution in [3.8, 4) is 5.75 Å². The van der Waals surface area contributed by atoms with Crippen LogP contribution in [-0.4, -0.2) is 30.4 Å². The van der Waals surface area contributed by atoms with Gasteiger partial charge in [-0.25, -0.2) is 4.99 Å². The molecule has 0 fully saturated rings. The Hall–Kier alpha value is -2.96. The zero-order valence-electron chi connectivity index (χ0n) is 16.0. The third-order valence-electron chi connectivity index (χ3n) is 5.23. The topological polar surface area (TPSA) is 67.9 Å². The van der Waals surface area contributed by atoms with Crippen molar-refractivity contribution in [3.63, 3.8) is 0 Å². The van der Waals surface area contributed by atoms with Crippen LogP contribution in [0.2, 0.25) is 0 Å². The molecule has 0 spiro atoms. The Bertz CT molecular complexity index is 899. The molecule has 5 nitrogen and oxygen atoms in total. The van der Waals surface area contributed by atoms with Gasteiger partial charge >= 0.3 is 6.61 Å². The minimum Gasteiger partial charge on any atom is -0.435 e. The molecule has 0 bridgehead atoms. The van der Waals surface area contributed by atoms with Gasteiger partial charge in [-0.05, 0) is 41.2 Å². The number of nitrogens with two attached hydrogens (primary N) is 1. The number of nitrogens with zero attached hydrogens (tertiary/aromatic N) is 2. The van der Waals surface area contributed by atoms with Crippen molar-refractivity contribution in [1.82, 2.24) is 4.90 Å². The average molecular weight is 387 g/mol. The van der Waals surface area contributed by atoms with Gasteiger partial charge in [0, 0.05) is 7.05 Å². The van der Waals surface area contributed by atoms with Crippen LogP contribution < -0.4 is 10.5 Å². The number of rotatable bonds is 6. The molecule has 1 amide bonds. The van der Waals surface area contributed by atoms with E-state index in [0.29, 0.717) is 5.56 Å². The van der Waals surface area contributed by atoms with Crippen molar-refractivity contribution in [3.05, 3.63) is 65.2 Å². The summed E-state index contributed by atoms with van der Waals surface area (Å²) in [5, 5.41) is 0. The van der Waals surface area contributed by atoms with Gasteiger partial charge in [0.1, 0.15) is 5.75 Å². The maximum Gasteiger partial charge on any atom is 0.387 e. The summed E-state index contributed by atoms with van der Waals surface area (Å²) in [5.41, 5.74) is 6.93. The zero-order valence-corrected chi connectivity index (χ0v) is 16.0. The number of alkyl halides is 2. The molecular weight excluding hydrogens is 364 g/mol. The number of aliphatic imine (C=N–C) groups is 1. The number of amides is 1. The second-order valence-electron chi connectivity index (χ2n) is 6.84. The molecule has 0 radical (unpaired) electrons. The monoisotopic (exact) mass is 387 g/mol. The number of likely N-dealkylation sites (N-methyl/N-ethyl adjacent to an activating group) is 1. The van der Waals surface area contributed by atoms with Crippen LogP contribution in [0.3, 0.4) is 0 Å². The molecule has 148 valence electrons. The van der Waals surface area contributed by atoms with Crippen LogP contribution >= 0.6 is 0 Å². The summed E-state index contributed by atoms with van der Waals surface area (Å²) >= 11 is 0. The van der Waals surface area contributed by atoms with E-state index in [4.69, 9.17) is 5.73 Å². The summed E-state index contributed by atoms with van der Waals surface area (Å²) < 4.78 is 29.4. The molecule has 2 aromatic rings. The third-order valence-corrected chi connectivity index (χ3v) is 5.23. The highest BCUT2D eigenvalue weighted by atomic mass is 19.3. The Morgan fingerprint density at radius 1 is 1.18 bits per heavy atom. The number of hydrogen-bond acceptors (Lipinski definition) is 4. The van der Waals surface area contributed by atoms with Crippen LogP contribution in [0.1, 0.15) is 42.9 Å². The molecule has 7 heteroatoms. The molecule has 1 unspecified atom stereocenters. The van der Waals surface area contributed by atoms with Crippen LogP contribution in [0, 0.1) is 0 Å². The average Bonchev–Trinajstić information content (AvgIpc) is 2.92. The summed E-state index contributed by atoms with van der Waals surface area (Å²) in [6.45, 7) is 1.24. The summed E-state index contributed by atoms with van der Waals surface area (Å²) in [5.74, 6) is 0.0321. The number of hydrogen-bond donors (Lipinski definition) is 1. The Morgan fingerprint density at radius 2 is 1.82 bits per heavy atom. The number of benzene rings is 2. The van der Waals surface area contributed by atoms with Crippen molar-refractivity contribution >= 4 is 11.9 Å². The molecule has 28 heavy (non-hydrogen) atoms. The maximum atomic E-state index is 13.3. The molecule has 0 aliphatic carbocycles. The van der Waals surface area contributed by atoms with E-state index >= 15 is 0 Å². The van der Waals surface area contributed by atoms with Crippen LogP contribution in [-0.2, 0) is 10.3 Å². The van der Waals surface area contributed by atoms with Gasteiger partial charge < -0.3 is 10.5 Å². The minimum absolute atomic E-state index is 0.0138. The van der Waals surface area contributed by atoms with E-state index in [-0.39, 0.29) is 23.5 Å². The predicted octanol–water partition coefficient (Wildman–Crippen LogP) is 3.83. The molecule has 1 aliphatic heterocycles. The highest BCUT2D eigenvalue weighted by Gasteiger charge is 2.50.